The smallest absolute Gasteiger partial charge is 0.226 e. The summed E-state index contributed by atoms with van der Waals surface area (Å²) >= 11 is 0. The van der Waals surface area contributed by atoms with E-state index in [4.69, 9.17) is 14.1 Å². The Morgan fingerprint density at radius 2 is 1.85 bits per heavy atom. The molecule has 0 spiro atoms. The molecule has 2 aromatic carbocycles. The molecule has 1 aliphatic carbocycles. The molecule has 1 heterocycles. The van der Waals surface area contributed by atoms with E-state index in [0.717, 1.165) is 36.0 Å². The van der Waals surface area contributed by atoms with E-state index < -0.39 is 0 Å². The lowest BCUT2D eigenvalue weighted by atomic mass is 10.1. The van der Waals surface area contributed by atoms with Crippen molar-refractivity contribution < 1.29 is 9.15 Å². The first-order chi connectivity index (χ1) is 13.2. The van der Waals surface area contributed by atoms with Crippen LogP contribution in [0.4, 0.5) is 0 Å². The number of ether oxygens (including phenoxy) is 1. The van der Waals surface area contributed by atoms with Crippen LogP contribution in [0.2, 0.25) is 0 Å². The van der Waals surface area contributed by atoms with E-state index in [1.54, 1.807) is 13.4 Å². The fourth-order valence-corrected chi connectivity index (χ4v) is 3.39. The van der Waals surface area contributed by atoms with Crippen molar-refractivity contribution in [3.8, 4) is 17.2 Å². The summed E-state index contributed by atoms with van der Waals surface area (Å²) in [5.41, 5.74) is 3.29. The molecule has 1 unspecified atom stereocenters. The Hall–Kier alpha value is -2.59. The molecule has 140 valence electrons. The summed E-state index contributed by atoms with van der Waals surface area (Å²) in [5.74, 6) is 2.31. The number of hydrogen-bond acceptors (Lipinski definition) is 4. The van der Waals surface area contributed by atoms with Crippen molar-refractivity contribution in [1.29, 1.82) is 0 Å². The zero-order valence-electron chi connectivity index (χ0n) is 16.0. The lowest BCUT2D eigenvalue weighted by molar-refractivity contribution is 0.190. The molecule has 0 N–H and O–H groups in total. The van der Waals surface area contributed by atoms with Crippen LogP contribution in [0.5, 0.6) is 5.75 Å². The summed E-state index contributed by atoms with van der Waals surface area (Å²) < 4.78 is 11.0. The molecule has 4 nitrogen and oxygen atoms in total. The molecule has 0 amide bonds. The monoisotopic (exact) mass is 362 g/mol. The second-order valence-corrected chi connectivity index (χ2v) is 7.33. The van der Waals surface area contributed by atoms with Crippen LogP contribution in [-0.2, 0) is 6.54 Å². The van der Waals surface area contributed by atoms with Gasteiger partial charge in [0.25, 0.3) is 0 Å². The minimum atomic E-state index is 0.355. The third-order valence-corrected chi connectivity index (χ3v) is 5.27. The minimum absolute atomic E-state index is 0.355. The van der Waals surface area contributed by atoms with Crippen molar-refractivity contribution in [2.75, 3.05) is 13.7 Å². The van der Waals surface area contributed by atoms with Gasteiger partial charge in [-0.2, -0.15) is 0 Å². The molecular formula is C23H26N2O2. The Labute approximate surface area is 160 Å². The van der Waals surface area contributed by atoms with E-state index >= 15 is 0 Å². The summed E-state index contributed by atoms with van der Waals surface area (Å²) in [6.45, 7) is 4.19. The maximum Gasteiger partial charge on any atom is 0.226 e. The van der Waals surface area contributed by atoms with Gasteiger partial charge in [-0.3, -0.25) is 4.90 Å². The maximum atomic E-state index is 5.75. The summed E-state index contributed by atoms with van der Waals surface area (Å²) in [6, 6.07) is 18.9. The van der Waals surface area contributed by atoms with E-state index in [-0.39, 0.29) is 0 Å². The first-order valence-corrected chi connectivity index (χ1v) is 9.61. The summed E-state index contributed by atoms with van der Waals surface area (Å²) in [4.78, 5) is 7.25. The van der Waals surface area contributed by atoms with E-state index in [1.807, 2.05) is 24.3 Å². The van der Waals surface area contributed by atoms with Gasteiger partial charge in [-0.1, -0.05) is 30.3 Å². The Morgan fingerprint density at radius 1 is 1.11 bits per heavy atom. The van der Waals surface area contributed by atoms with Crippen LogP contribution in [0.15, 0.2) is 65.3 Å². The molecule has 1 aromatic heterocycles. The first kappa shape index (κ1) is 17.8. The molecule has 0 aliphatic heterocycles. The molecular weight excluding hydrogens is 336 g/mol. The van der Waals surface area contributed by atoms with Gasteiger partial charge in [0.1, 0.15) is 12.0 Å². The predicted molar refractivity (Wildman–Crippen MR) is 106 cm³/mol. The van der Waals surface area contributed by atoms with Gasteiger partial charge >= 0.3 is 0 Å². The van der Waals surface area contributed by atoms with Crippen LogP contribution in [0.1, 0.15) is 37.1 Å². The number of rotatable bonds is 8. The van der Waals surface area contributed by atoms with Crippen LogP contribution in [0.25, 0.3) is 11.5 Å². The van der Waals surface area contributed by atoms with Crippen LogP contribution in [0.3, 0.4) is 0 Å². The zero-order valence-corrected chi connectivity index (χ0v) is 16.0. The van der Waals surface area contributed by atoms with Crippen molar-refractivity contribution in [2.45, 2.75) is 32.4 Å². The molecule has 1 saturated carbocycles. The molecule has 1 aliphatic rings. The normalized spacial score (nSPS) is 15.1. The maximum absolute atomic E-state index is 5.75. The molecule has 1 atom stereocenters. The molecule has 27 heavy (non-hydrogen) atoms. The van der Waals surface area contributed by atoms with Gasteiger partial charge < -0.3 is 9.15 Å². The highest BCUT2D eigenvalue weighted by molar-refractivity contribution is 5.54. The first-order valence-electron chi connectivity index (χ1n) is 9.61. The summed E-state index contributed by atoms with van der Waals surface area (Å²) in [6.07, 6.45) is 4.47. The molecule has 0 saturated heterocycles. The van der Waals surface area contributed by atoms with Crippen molar-refractivity contribution in [3.63, 3.8) is 0 Å². The Balaban J connectivity index is 1.50. The largest absolute Gasteiger partial charge is 0.497 e. The van der Waals surface area contributed by atoms with Gasteiger partial charge in [-0.05, 0) is 55.5 Å². The van der Waals surface area contributed by atoms with Crippen LogP contribution in [0, 0.1) is 5.92 Å². The van der Waals surface area contributed by atoms with Crippen molar-refractivity contribution in [1.82, 2.24) is 9.88 Å². The van der Waals surface area contributed by atoms with Gasteiger partial charge in [-0.25, -0.2) is 4.98 Å². The lowest BCUT2D eigenvalue weighted by Crippen LogP contribution is -2.29. The van der Waals surface area contributed by atoms with Crippen molar-refractivity contribution >= 4 is 0 Å². The predicted octanol–water partition coefficient (Wildman–Crippen LogP) is 5.32. The molecule has 4 rings (SSSR count). The van der Waals surface area contributed by atoms with Gasteiger partial charge in [0.2, 0.25) is 5.89 Å². The Kier molecular flexibility index (Phi) is 5.26. The van der Waals surface area contributed by atoms with Gasteiger partial charge in [0.15, 0.2) is 0 Å². The lowest BCUT2D eigenvalue weighted by Gasteiger charge is -2.28. The van der Waals surface area contributed by atoms with Gasteiger partial charge in [0.05, 0.1) is 12.8 Å². The topological polar surface area (TPSA) is 38.5 Å². The number of aromatic nitrogens is 1. The number of oxazole rings is 1. The van der Waals surface area contributed by atoms with Crippen LogP contribution < -0.4 is 4.74 Å². The highest BCUT2D eigenvalue weighted by Crippen LogP contribution is 2.33. The number of benzene rings is 2. The summed E-state index contributed by atoms with van der Waals surface area (Å²) in [7, 11) is 1.67. The molecule has 0 bridgehead atoms. The standard InChI is InChI=1S/C23H26N2O2/c1-17(19-6-4-3-5-7-19)25(14-18-8-9-18)15-21-16-27-23(24-21)20-10-12-22(26-2)13-11-20/h3-7,10-13,16-18H,8-9,14-15H2,1-2H3. The number of hydrogen-bond donors (Lipinski definition) is 0. The van der Waals surface area contributed by atoms with Gasteiger partial charge in [0, 0.05) is 24.7 Å². The fourth-order valence-electron chi connectivity index (χ4n) is 3.39. The van der Waals surface area contributed by atoms with Crippen LogP contribution in [-0.4, -0.2) is 23.5 Å². The summed E-state index contributed by atoms with van der Waals surface area (Å²) in [5, 5.41) is 0. The van der Waals surface area contributed by atoms with Crippen LogP contribution >= 0.6 is 0 Å². The number of methoxy groups -OCH3 is 1. The molecule has 4 heteroatoms. The molecule has 0 radical (unpaired) electrons. The quantitative estimate of drug-likeness (QED) is 0.543. The third kappa shape index (κ3) is 4.40. The second kappa shape index (κ2) is 7.97. The third-order valence-electron chi connectivity index (χ3n) is 5.27. The molecule has 3 aromatic rings. The highest BCUT2D eigenvalue weighted by Gasteiger charge is 2.27. The Morgan fingerprint density at radius 3 is 2.52 bits per heavy atom. The SMILES string of the molecule is COc1ccc(-c2nc(CN(CC3CC3)C(C)c3ccccc3)co2)cc1. The Bertz CT molecular complexity index is 854. The van der Waals surface area contributed by atoms with E-state index in [0.29, 0.717) is 11.9 Å². The van der Waals surface area contributed by atoms with Crippen molar-refractivity contribution in [2.24, 2.45) is 5.92 Å². The minimum Gasteiger partial charge on any atom is -0.497 e. The highest BCUT2D eigenvalue weighted by atomic mass is 16.5. The van der Waals surface area contributed by atoms with E-state index in [9.17, 15) is 0 Å². The second-order valence-electron chi connectivity index (χ2n) is 7.33. The average Bonchev–Trinajstić information content (AvgIpc) is 3.42. The number of nitrogens with zero attached hydrogens (tertiary/aromatic N) is 2. The molecule has 1 fully saturated rings. The van der Waals surface area contributed by atoms with Gasteiger partial charge in [-0.15, -0.1) is 0 Å². The van der Waals surface area contributed by atoms with Crippen molar-refractivity contribution in [3.05, 3.63) is 72.1 Å². The average molecular weight is 362 g/mol. The van der Waals surface area contributed by atoms with E-state index in [2.05, 4.69) is 42.2 Å². The fraction of sp³-hybridized carbons (Fsp3) is 0.348. The van der Waals surface area contributed by atoms with E-state index in [1.165, 1.54) is 18.4 Å². The zero-order chi connectivity index (χ0) is 18.6.